The molecule has 2 aliphatic heterocycles. The van der Waals surface area contributed by atoms with E-state index in [1.807, 2.05) is 11.8 Å². The third-order valence-corrected chi connectivity index (χ3v) is 5.37. The molecule has 0 spiro atoms. The van der Waals surface area contributed by atoms with Crippen molar-refractivity contribution in [3.63, 3.8) is 0 Å². The van der Waals surface area contributed by atoms with Crippen LogP contribution in [0, 0.1) is 0 Å². The van der Waals surface area contributed by atoms with E-state index in [0.717, 1.165) is 39.1 Å². The van der Waals surface area contributed by atoms with Crippen LogP contribution in [0.4, 0.5) is 0 Å². The summed E-state index contributed by atoms with van der Waals surface area (Å²) in [6.07, 6.45) is 3.49. The zero-order valence-corrected chi connectivity index (χ0v) is 13.0. The van der Waals surface area contributed by atoms with Gasteiger partial charge in [0.15, 0.2) is 5.76 Å². The Bertz CT molecular complexity index is 451. The first kappa shape index (κ1) is 14.9. The highest BCUT2D eigenvalue weighted by Crippen LogP contribution is 2.30. The van der Waals surface area contributed by atoms with Crippen LogP contribution in [-0.4, -0.2) is 60.7 Å². The predicted octanol–water partition coefficient (Wildman–Crippen LogP) is 1.61. The molecule has 1 amide bonds. The van der Waals surface area contributed by atoms with Gasteiger partial charge in [0.2, 0.25) is 0 Å². The lowest BCUT2D eigenvalue weighted by molar-refractivity contribution is -0.0238. The number of amides is 1. The second-order valence-electron chi connectivity index (χ2n) is 5.60. The van der Waals surface area contributed by atoms with Crippen LogP contribution in [0.3, 0.4) is 0 Å². The second-order valence-corrected chi connectivity index (χ2v) is 6.82. The van der Waals surface area contributed by atoms with Crippen LogP contribution in [0.2, 0.25) is 0 Å². The van der Waals surface area contributed by atoms with E-state index in [1.165, 1.54) is 17.8 Å². The van der Waals surface area contributed by atoms with Crippen molar-refractivity contribution in [2.45, 2.75) is 18.4 Å². The van der Waals surface area contributed by atoms with Crippen molar-refractivity contribution in [3.05, 3.63) is 24.2 Å². The molecule has 5 nitrogen and oxygen atoms in total. The maximum absolute atomic E-state index is 12.1. The van der Waals surface area contributed by atoms with Gasteiger partial charge in [0.1, 0.15) is 0 Å². The lowest BCUT2D eigenvalue weighted by Gasteiger charge is -2.47. The van der Waals surface area contributed by atoms with E-state index < -0.39 is 0 Å². The molecule has 0 aromatic carbocycles. The van der Waals surface area contributed by atoms with Crippen molar-refractivity contribution in [2.24, 2.45) is 0 Å². The number of hydrogen-bond acceptors (Lipinski definition) is 5. The summed E-state index contributed by atoms with van der Waals surface area (Å²) in [4.78, 5) is 14.7. The maximum Gasteiger partial charge on any atom is 0.287 e. The highest BCUT2D eigenvalue weighted by Gasteiger charge is 2.39. The van der Waals surface area contributed by atoms with Crippen LogP contribution in [0.5, 0.6) is 0 Å². The molecule has 0 unspecified atom stereocenters. The fourth-order valence-electron chi connectivity index (χ4n) is 3.13. The quantitative estimate of drug-likeness (QED) is 0.915. The van der Waals surface area contributed by atoms with Gasteiger partial charge in [0.25, 0.3) is 5.91 Å². The van der Waals surface area contributed by atoms with Crippen molar-refractivity contribution >= 4 is 17.7 Å². The Morgan fingerprint density at radius 3 is 2.76 bits per heavy atom. The summed E-state index contributed by atoms with van der Waals surface area (Å²) in [6, 6.07) is 3.44. The van der Waals surface area contributed by atoms with Gasteiger partial charge in [0, 0.05) is 49.9 Å². The van der Waals surface area contributed by atoms with Gasteiger partial charge in [-0.1, -0.05) is 0 Å². The zero-order chi connectivity index (χ0) is 14.5. The molecule has 6 heteroatoms. The van der Waals surface area contributed by atoms with Crippen molar-refractivity contribution in [1.82, 2.24) is 10.2 Å². The van der Waals surface area contributed by atoms with Gasteiger partial charge < -0.3 is 14.5 Å². The molecule has 3 rings (SSSR count). The van der Waals surface area contributed by atoms with Crippen LogP contribution < -0.4 is 5.32 Å². The molecule has 0 atom stereocenters. The zero-order valence-electron chi connectivity index (χ0n) is 12.2. The Kier molecular flexibility index (Phi) is 4.87. The van der Waals surface area contributed by atoms with Crippen molar-refractivity contribution in [3.8, 4) is 0 Å². The van der Waals surface area contributed by atoms with Crippen LogP contribution in [0.1, 0.15) is 23.4 Å². The van der Waals surface area contributed by atoms with E-state index >= 15 is 0 Å². The number of hydrogen-bond donors (Lipinski definition) is 1. The van der Waals surface area contributed by atoms with E-state index in [9.17, 15) is 4.79 Å². The first-order valence-electron chi connectivity index (χ1n) is 7.52. The number of furan rings is 1. The van der Waals surface area contributed by atoms with Crippen LogP contribution in [0.15, 0.2) is 22.8 Å². The molecular formula is C15H22N2O3S. The minimum Gasteiger partial charge on any atom is -0.459 e. The molecule has 21 heavy (non-hydrogen) atoms. The molecule has 1 aromatic heterocycles. The molecule has 1 N–H and O–H groups in total. The van der Waals surface area contributed by atoms with Gasteiger partial charge in [-0.2, -0.15) is 11.8 Å². The molecule has 3 heterocycles. The van der Waals surface area contributed by atoms with E-state index in [0.29, 0.717) is 12.3 Å². The number of nitrogens with one attached hydrogen (secondary N) is 1. The van der Waals surface area contributed by atoms with Gasteiger partial charge >= 0.3 is 0 Å². The van der Waals surface area contributed by atoms with Crippen molar-refractivity contribution in [1.29, 1.82) is 0 Å². The molecule has 0 saturated carbocycles. The van der Waals surface area contributed by atoms with Gasteiger partial charge in [-0.15, -0.1) is 0 Å². The Balaban J connectivity index is 1.65. The highest BCUT2D eigenvalue weighted by atomic mass is 32.2. The van der Waals surface area contributed by atoms with Gasteiger partial charge in [-0.3, -0.25) is 9.69 Å². The molecule has 0 radical (unpaired) electrons. The largest absolute Gasteiger partial charge is 0.459 e. The summed E-state index contributed by atoms with van der Waals surface area (Å²) in [6.45, 7) is 4.42. The van der Waals surface area contributed by atoms with Gasteiger partial charge in [0.05, 0.1) is 6.26 Å². The van der Waals surface area contributed by atoms with Gasteiger partial charge in [-0.25, -0.2) is 0 Å². The van der Waals surface area contributed by atoms with E-state index in [4.69, 9.17) is 9.15 Å². The minimum atomic E-state index is -0.128. The number of carbonyl (C=O) groups is 1. The fourth-order valence-corrected chi connectivity index (χ4v) is 4.04. The molecule has 2 saturated heterocycles. The number of carbonyl (C=O) groups excluding carboxylic acids is 1. The average molecular weight is 310 g/mol. The number of rotatable bonds is 4. The Labute approximate surface area is 129 Å². The molecule has 2 aliphatic rings. The number of thioether (sulfide) groups is 1. The van der Waals surface area contributed by atoms with Gasteiger partial charge in [-0.05, 0) is 25.0 Å². The molecule has 0 aliphatic carbocycles. The minimum absolute atomic E-state index is 0.0431. The molecule has 0 bridgehead atoms. The topological polar surface area (TPSA) is 54.7 Å². The number of ether oxygens (including phenoxy) is 1. The molecule has 1 aromatic rings. The third-order valence-electron chi connectivity index (χ3n) is 4.43. The summed E-state index contributed by atoms with van der Waals surface area (Å²) >= 11 is 2.01. The molecular weight excluding hydrogens is 288 g/mol. The van der Waals surface area contributed by atoms with Crippen molar-refractivity contribution in [2.75, 3.05) is 44.4 Å². The Morgan fingerprint density at radius 1 is 1.33 bits per heavy atom. The smallest absolute Gasteiger partial charge is 0.287 e. The van der Waals surface area contributed by atoms with E-state index in [-0.39, 0.29) is 11.4 Å². The predicted molar refractivity (Wildman–Crippen MR) is 82.7 cm³/mol. The summed E-state index contributed by atoms with van der Waals surface area (Å²) in [5, 5.41) is 3.06. The third kappa shape index (κ3) is 3.44. The summed E-state index contributed by atoms with van der Waals surface area (Å²) in [5.41, 5.74) is 0.0431. The standard InChI is InChI=1S/C15H22N2O3S/c18-14(13-2-1-7-20-13)16-12-15(3-8-19-9-4-15)17-5-10-21-11-6-17/h1-2,7H,3-6,8-12H2,(H,16,18). The lowest BCUT2D eigenvalue weighted by atomic mass is 9.87. The first-order valence-corrected chi connectivity index (χ1v) is 8.68. The first-order chi connectivity index (χ1) is 10.3. The summed E-state index contributed by atoms with van der Waals surface area (Å²) in [5.74, 6) is 2.60. The number of nitrogens with zero attached hydrogens (tertiary/aromatic N) is 1. The Morgan fingerprint density at radius 2 is 2.10 bits per heavy atom. The maximum atomic E-state index is 12.1. The van der Waals surface area contributed by atoms with Crippen LogP contribution in [-0.2, 0) is 4.74 Å². The monoisotopic (exact) mass is 310 g/mol. The molecule has 116 valence electrons. The van der Waals surface area contributed by atoms with Crippen LogP contribution >= 0.6 is 11.8 Å². The summed E-state index contributed by atoms with van der Waals surface area (Å²) in [7, 11) is 0. The van der Waals surface area contributed by atoms with Crippen molar-refractivity contribution < 1.29 is 13.9 Å². The Hall–Kier alpha value is -0.980. The fraction of sp³-hybridized carbons (Fsp3) is 0.667. The second kappa shape index (κ2) is 6.85. The highest BCUT2D eigenvalue weighted by molar-refractivity contribution is 7.99. The lowest BCUT2D eigenvalue weighted by Crippen LogP contribution is -2.60. The summed E-state index contributed by atoms with van der Waals surface area (Å²) < 4.78 is 10.7. The van der Waals surface area contributed by atoms with E-state index in [2.05, 4.69) is 10.2 Å². The molecule has 2 fully saturated rings. The normalized spacial score (nSPS) is 22.9. The SMILES string of the molecule is O=C(NCC1(N2CCSCC2)CCOCC1)c1ccco1. The van der Waals surface area contributed by atoms with E-state index in [1.54, 1.807) is 12.1 Å². The average Bonchev–Trinajstić information content (AvgIpc) is 3.09. The van der Waals surface area contributed by atoms with Crippen LogP contribution in [0.25, 0.3) is 0 Å².